The number of aliphatic hydroxyl groups excluding tert-OH is 1. The van der Waals surface area contributed by atoms with Gasteiger partial charge >= 0.3 is 0 Å². The molecule has 4 nitrogen and oxygen atoms in total. The number of aryl methyl sites for hydroxylation is 1. The molecule has 0 aliphatic heterocycles. The molecule has 2 aromatic rings. The monoisotopic (exact) mass is 281 g/mol. The smallest absolute Gasteiger partial charge is 0.131 e. The van der Waals surface area contributed by atoms with Crippen molar-refractivity contribution in [2.75, 3.05) is 13.2 Å². The van der Waals surface area contributed by atoms with Gasteiger partial charge in [-0.1, -0.05) is 6.07 Å². The Kier molecular flexibility index (Phi) is 4.81. The van der Waals surface area contributed by atoms with Gasteiger partial charge in [-0.25, -0.2) is 8.78 Å². The summed E-state index contributed by atoms with van der Waals surface area (Å²) in [5.41, 5.74) is 0.895. The Hall–Kier alpha value is -1.79. The second-order valence-electron chi connectivity index (χ2n) is 4.60. The van der Waals surface area contributed by atoms with Crippen LogP contribution in [0.15, 0.2) is 30.6 Å². The van der Waals surface area contributed by atoms with Crippen molar-refractivity contribution in [2.24, 2.45) is 7.05 Å². The molecular weight excluding hydrogens is 264 g/mol. The van der Waals surface area contributed by atoms with Gasteiger partial charge in [-0.15, -0.1) is 0 Å². The number of hydrogen-bond acceptors (Lipinski definition) is 3. The molecule has 0 saturated carbocycles. The van der Waals surface area contributed by atoms with E-state index in [-0.39, 0.29) is 12.2 Å². The van der Waals surface area contributed by atoms with E-state index in [1.807, 2.05) is 13.2 Å². The number of benzene rings is 1. The summed E-state index contributed by atoms with van der Waals surface area (Å²) in [5, 5.41) is 16.3. The molecule has 0 spiro atoms. The van der Waals surface area contributed by atoms with Crippen molar-refractivity contribution in [2.45, 2.75) is 12.5 Å². The molecule has 2 rings (SSSR count). The third kappa shape index (κ3) is 3.40. The molecular formula is C14H17F2N3O. The fourth-order valence-corrected chi connectivity index (χ4v) is 2.09. The number of hydrogen-bond donors (Lipinski definition) is 2. The Morgan fingerprint density at radius 1 is 1.35 bits per heavy atom. The van der Waals surface area contributed by atoms with Gasteiger partial charge in [0.25, 0.3) is 0 Å². The highest BCUT2D eigenvalue weighted by Crippen LogP contribution is 2.20. The van der Waals surface area contributed by atoms with E-state index in [9.17, 15) is 13.9 Å². The Labute approximate surface area is 116 Å². The molecule has 2 N–H and O–H groups in total. The summed E-state index contributed by atoms with van der Waals surface area (Å²) in [6.45, 7) is 0.121. The molecule has 1 aromatic heterocycles. The maximum Gasteiger partial charge on any atom is 0.131 e. The Morgan fingerprint density at radius 2 is 2.05 bits per heavy atom. The number of rotatable bonds is 6. The molecule has 1 aromatic carbocycles. The number of nitrogens with one attached hydrogen (secondary N) is 1. The first-order valence-electron chi connectivity index (χ1n) is 6.37. The van der Waals surface area contributed by atoms with E-state index >= 15 is 0 Å². The highest BCUT2D eigenvalue weighted by Gasteiger charge is 2.18. The maximum absolute atomic E-state index is 13.6. The Bertz CT molecular complexity index is 551. The van der Waals surface area contributed by atoms with Crippen molar-refractivity contribution in [1.29, 1.82) is 0 Å². The summed E-state index contributed by atoms with van der Waals surface area (Å²) < 4.78 is 29.0. The van der Waals surface area contributed by atoms with E-state index < -0.39 is 17.7 Å². The van der Waals surface area contributed by atoms with Gasteiger partial charge < -0.3 is 10.4 Å². The molecule has 0 amide bonds. The van der Waals surface area contributed by atoms with Gasteiger partial charge in [-0.05, 0) is 30.7 Å². The molecule has 0 radical (unpaired) electrons. The normalized spacial score (nSPS) is 12.6. The second-order valence-corrected chi connectivity index (χ2v) is 4.60. The van der Waals surface area contributed by atoms with Crippen LogP contribution in [-0.2, 0) is 13.5 Å². The predicted octanol–water partition coefficient (Wildman–Crippen LogP) is 1.56. The average molecular weight is 281 g/mol. The van der Waals surface area contributed by atoms with E-state index in [0.717, 1.165) is 5.56 Å². The van der Waals surface area contributed by atoms with Gasteiger partial charge in [0.05, 0.1) is 18.8 Å². The average Bonchev–Trinajstić information content (AvgIpc) is 2.82. The highest BCUT2D eigenvalue weighted by atomic mass is 19.1. The van der Waals surface area contributed by atoms with E-state index in [1.165, 1.54) is 18.2 Å². The molecule has 0 unspecified atom stereocenters. The van der Waals surface area contributed by atoms with Gasteiger partial charge in [0, 0.05) is 18.8 Å². The zero-order valence-electron chi connectivity index (χ0n) is 11.2. The van der Waals surface area contributed by atoms with E-state index in [0.29, 0.717) is 13.0 Å². The Balaban J connectivity index is 1.99. The summed E-state index contributed by atoms with van der Waals surface area (Å²) in [6, 6.07) is 2.92. The van der Waals surface area contributed by atoms with Crippen molar-refractivity contribution < 1.29 is 13.9 Å². The van der Waals surface area contributed by atoms with Crippen LogP contribution in [-0.4, -0.2) is 28.0 Å². The molecule has 1 atom stereocenters. The maximum atomic E-state index is 13.6. The SMILES string of the molecule is Cn1cc(CCN[C@@H](CO)c2c(F)cccc2F)cn1. The van der Waals surface area contributed by atoms with Crippen molar-refractivity contribution in [3.05, 3.63) is 53.4 Å². The predicted molar refractivity (Wildman–Crippen MR) is 71.1 cm³/mol. The molecule has 0 fully saturated rings. The lowest BCUT2D eigenvalue weighted by atomic mass is 10.1. The zero-order chi connectivity index (χ0) is 14.5. The van der Waals surface area contributed by atoms with Crippen LogP contribution in [0.25, 0.3) is 0 Å². The first-order chi connectivity index (χ1) is 9.61. The third-order valence-electron chi connectivity index (χ3n) is 3.09. The minimum atomic E-state index is -0.757. The van der Waals surface area contributed by atoms with E-state index in [4.69, 9.17) is 0 Å². The topological polar surface area (TPSA) is 50.1 Å². The van der Waals surface area contributed by atoms with E-state index in [1.54, 1.807) is 10.9 Å². The number of halogens is 2. The third-order valence-corrected chi connectivity index (χ3v) is 3.09. The molecule has 0 aliphatic rings. The minimum Gasteiger partial charge on any atom is -0.394 e. The summed E-state index contributed by atoms with van der Waals surface area (Å²) in [4.78, 5) is 0. The fourth-order valence-electron chi connectivity index (χ4n) is 2.09. The van der Waals surface area contributed by atoms with Crippen LogP contribution >= 0.6 is 0 Å². The zero-order valence-corrected chi connectivity index (χ0v) is 11.2. The summed E-state index contributed by atoms with van der Waals surface area (Å²) in [6.07, 6.45) is 4.28. The lowest BCUT2D eigenvalue weighted by Gasteiger charge is -2.17. The largest absolute Gasteiger partial charge is 0.394 e. The van der Waals surface area contributed by atoms with Crippen LogP contribution < -0.4 is 5.32 Å². The second kappa shape index (κ2) is 6.58. The van der Waals surface area contributed by atoms with Crippen LogP contribution in [0.5, 0.6) is 0 Å². The first kappa shape index (κ1) is 14.6. The molecule has 0 bridgehead atoms. The minimum absolute atomic E-state index is 0.124. The quantitative estimate of drug-likeness (QED) is 0.845. The standard InChI is InChI=1S/C14H17F2N3O/c1-19-8-10(7-18-19)5-6-17-13(9-20)14-11(15)3-2-4-12(14)16/h2-4,7-8,13,17,20H,5-6,9H2,1H3/t13-/m0/s1. The van der Waals surface area contributed by atoms with Crippen LogP contribution in [0.3, 0.4) is 0 Å². The van der Waals surface area contributed by atoms with Crippen LogP contribution in [0, 0.1) is 11.6 Å². The summed E-state index contributed by atoms with van der Waals surface area (Å²) in [5.74, 6) is -1.31. The Morgan fingerprint density at radius 3 is 2.60 bits per heavy atom. The molecule has 0 saturated heterocycles. The van der Waals surface area contributed by atoms with Gasteiger partial charge in [-0.3, -0.25) is 4.68 Å². The molecule has 1 heterocycles. The van der Waals surface area contributed by atoms with Crippen molar-refractivity contribution >= 4 is 0 Å². The molecule has 0 aliphatic carbocycles. The van der Waals surface area contributed by atoms with Crippen LogP contribution in [0.2, 0.25) is 0 Å². The fraction of sp³-hybridized carbons (Fsp3) is 0.357. The number of aromatic nitrogens is 2. The van der Waals surface area contributed by atoms with Crippen molar-refractivity contribution in [1.82, 2.24) is 15.1 Å². The highest BCUT2D eigenvalue weighted by molar-refractivity contribution is 5.23. The lowest BCUT2D eigenvalue weighted by Crippen LogP contribution is -2.28. The molecule has 108 valence electrons. The first-order valence-corrected chi connectivity index (χ1v) is 6.37. The van der Waals surface area contributed by atoms with Crippen molar-refractivity contribution in [3.8, 4) is 0 Å². The van der Waals surface area contributed by atoms with Crippen molar-refractivity contribution in [3.63, 3.8) is 0 Å². The van der Waals surface area contributed by atoms with E-state index in [2.05, 4.69) is 10.4 Å². The van der Waals surface area contributed by atoms with Gasteiger partial charge in [0.2, 0.25) is 0 Å². The number of nitrogens with zero attached hydrogens (tertiary/aromatic N) is 2. The molecule has 20 heavy (non-hydrogen) atoms. The summed E-state index contributed by atoms with van der Waals surface area (Å²) in [7, 11) is 1.82. The van der Waals surface area contributed by atoms with Gasteiger partial charge in [0.15, 0.2) is 0 Å². The van der Waals surface area contributed by atoms with Crippen LogP contribution in [0.1, 0.15) is 17.2 Å². The number of aliphatic hydroxyl groups is 1. The van der Waals surface area contributed by atoms with Crippen LogP contribution in [0.4, 0.5) is 8.78 Å². The summed E-state index contributed by atoms with van der Waals surface area (Å²) >= 11 is 0. The lowest BCUT2D eigenvalue weighted by molar-refractivity contribution is 0.238. The molecule has 6 heteroatoms. The van der Waals surface area contributed by atoms with Gasteiger partial charge in [-0.2, -0.15) is 5.10 Å². The van der Waals surface area contributed by atoms with Gasteiger partial charge in [0.1, 0.15) is 11.6 Å².